The molecule has 1 aromatic heterocycles. The molecule has 132 valence electrons. The molecule has 0 saturated carbocycles. The zero-order valence-corrected chi connectivity index (χ0v) is 14.3. The summed E-state index contributed by atoms with van der Waals surface area (Å²) in [6, 6.07) is 7.93. The highest BCUT2D eigenvalue weighted by Gasteiger charge is 2.42. The maximum absolute atomic E-state index is 13.4. The average Bonchev–Trinajstić information content (AvgIpc) is 3.11. The number of aromatic nitrogens is 1. The first kappa shape index (κ1) is 17.4. The summed E-state index contributed by atoms with van der Waals surface area (Å²) in [5.74, 6) is -0.170. The molecule has 0 radical (unpaired) electrons. The second kappa shape index (κ2) is 6.80. The molecule has 1 N–H and O–H groups in total. The minimum absolute atomic E-state index is 0.192. The molecule has 1 aliphatic heterocycles. The van der Waals surface area contributed by atoms with Crippen molar-refractivity contribution in [3.8, 4) is 5.75 Å². The van der Waals surface area contributed by atoms with Crippen molar-refractivity contribution in [2.24, 2.45) is 0 Å². The summed E-state index contributed by atoms with van der Waals surface area (Å²) in [5.41, 5.74) is -0.327. The number of amides is 1. The summed E-state index contributed by atoms with van der Waals surface area (Å²) in [4.78, 5) is 18.1. The van der Waals surface area contributed by atoms with Crippen LogP contribution in [0.4, 0.5) is 4.39 Å². The molecule has 2 atom stereocenters. The third-order valence-corrected chi connectivity index (χ3v) is 4.79. The fourth-order valence-electron chi connectivity index (χ4n) is 3.41. The van der Waals surface area contributed by atoms with Crippen molar-refractivity contribution in [3.05, 3.63) is 59.7 Å². The van der Waals surface area contributed by atoms with E-state index in [1.165, 1.54) is 12.3 Å². The van der Waals surface area contributed by atoms with Crippen LogP contribution in [-0.2, 0) is 5.60 Å². The van der Waals surface area contributed by atoms with E-state index in [9.17, 15) is 14.3 Å². The van der Waals surface area contributed by atoms with Crippen molar-refractivity contribution >= 4 is 5.91 Å². The highest BCUT2D eigenvalue weighted by molar-refractivity contribution is 5.94. The number of nitrogens with zero attached hydrogens (tertiary/aromatic N) is 2. The van der Waals surface area contributed by atoms with Gasteiger partial charge in [0.1, 0.15) is 17.2 Å². The molecule has 2 unspecified atom stereocenters. The molecular formula is C19H21FN2O3. The van der Waals surface area contributed by atoms with Gasteiger partial charge >= 0.3 is 0 Å². The van der Waals surface area contributed by atoms with Crippen LogP contribution in [0.15, 0.2) is 42.7 Å². The predicted octanol–water partition coefficient (Wildman–Crippen LogP) is 2.74. The first-order chi connectivity index (χ1) is 11.9. The lowest BCUT2D eigenvalue weighted by atomic mass is 9.86. The van der Waals surface area contributed by atoms with E-state index in [-0.39, 0.29) is 11.5 Å². The van der Waals surface area contributed by atoms with E-state index in [0.717, 1.165) is 12.6 Å². The Labute approximate surface area is 146 Å². The van der Waals surface area contributed by atoms with Gasteiger partial charge in [0.2, 0.25) is 0 Å². The monoisotopic (exact) mass is 344 g/mol. The van der Waals surface area contributed by atoms with Crippen LogP contribution in [0.5, 0.6) is 5.75 Å². The molecule has 3 rings (SSSR count). The molecule has 2 heterocycles. The van der Waals surface area contributed by atoms with Crippen LogP contribution in [0.1, 0.15) is 35.7 Å². The van der Waals surface area contributed by atoms with Crippen molar-refractivity contribution in [1.29, 1.82) is 0 Å². The fraction of sp³-hybridized carbons (Fsp3) is 0.368. The lowest BCUT2D eigenvalue weighted by molar-refractivity contribution is -0.0177. The van der Waals surface area contributed by atoms with Crippen LogP contribution < -0.4 is 4.74 Å². The van der Waals surface area contributed by atoms with Crippen LogP contribution in [-0.4, -0.2) is 40.6 Å². The molecular weight excluding hydrogens is 323 g/mol. The highest BCUT2D eigenvalue weighted by Crippen LogP contribution is 2.36. The van der Waals surface area contributed by atoms with Gasteiger partial charge in [0.25, 0.3) is 5.91 Å². The van der Waals surface area contributed by atoms with Gasteiger partial charge in [-0.25, -0.2) is 4.39 Å². The fourth-order valence-corrected chi connectivity index (χ4v) is 3.41. The standard InChI is InChI=1S/C19H21FN2O3/c1-19(24,14-5-7-16(25-2)8-6-14)17-4-3-9-22(17)18(23)13-10-15(20)12-21-11-13/h5-8,10-12,17,24H,3-4,9H2,1-2H3. The van der Waals surface area contributed by atoms with Gasteiger partial charge in [-0.2, -0.15) is 0 Å². The maximum atomic E-state index is 13.4. The lowest BCUT2D eigenvalue weighted by Gasteiger charge is -2.37. The minimum atomic E-state index is -1.22. The zero-order valence-electron chi connectivity index (χ0n) is 14.3. The Kier molecular flexibility index (Phi) is 4.72. The van der Waals surface area contributed by atoms with Gasteiger partial charge in [-0.1, -0.05) is 12.1 Å². The van der Waals surface area contributed by atoms with Gasteiger partial charge < -0.3 is 14.7 Å². The Hall–Kier alpha value is -2.47. The normalized spacial score (nSPS) is 19.5. The largest absolute Gasteiger partial charge is 0.497 e. The van der Waals surface area contributed by atoms with E-state index >= 15 is 0 Å². The zero-order chi connectivity index (χ0) is 18.0. The topological polar surface area (TPSA) is 62.7 Å². The number of aliphatic hydroxyl groups is 1. The quantitative estimate of drug-likeness (QED) is 0.926. The molecule has 0 aliphatic carbocycles. The number of methoxy groups -OCH3 is 1. The SMILES string of the molecule is COc1ccc(C(C)(O)C2CCCN2C(=O)c2cncc(F)c2)cc1. The van der Waals surface area contributed by atoms with Crippen molar-refractivity contribution < 1.29 is 19.0 Å². The summed E-state index contributed by atoms with van der Waals surface area (Å²) in [6.45, 7) is 2.22. The van der Waals surface area contributed by atoms with Gasteiger partial charge in [-0.15, -0.1) is 0 Å². The summed E-state index contributed by atoms with van der Waals surface area (Å²) in [7, 11) is 1.58. The van der Waals surface area contributed by atoms with Gasteiger partial charge in [0, 0.05) is 12.7 Å². The van der Waals surface area contributed by atoms with Crippen molar-refractivity contribution in [1.82, 2.24) is 9.88 Å². The number of halogens is 1. The number of rotatable bonds is 4. The third kappa shape index (κ3) is 3.35. The van der Waals surface area contributed by atoms with E-state index in [1.54, 1.807) is 43.2 Å². The van der Waals surface area contributed by atoms with E-state index < -0.39 is 17.5 Å². The Bertz CT molecular complexity index is 762. The van der Waals surface area contributed by atoms with Crippen molar-refractivity contribution in [3.63, 3.8) is 0 Å². The van der Waals surface area contributed by atoms with E-state index in [2.05, 4.69) is 4.98 Å². The third-order valence-electron chi connectivity index (χ3n) is 4.79. The molecule has 1 aromatic carbocycles. The van der Waals surface area contributed by atoms with E-state index in [4.69, 9.17) is 4.74 Å². The van der Waals surface area contributed by atoms with Crippen molar-refractivity contribution in [2.75, 3.05) is 13.7 Å². The number of carbonyl (C=O) groups excluding carboxylic acids is 1. The molecule has 1 saturated heterocycles. The van der Waals surface area contributed by atoms with E-state index in [1.807, 2.05) is 0 Å². The van der Waals surface area contributed by atoms with Gasteiger partial charge in [0.05, 0.1) is 24.9 Å². The molecule has 5 nitrogen and oxygen atoms in total. The van der Waals surface area contributed by atoms with Crippen molar-refractivity contribution in [2.45, 2.75) is 31.4 Å². The summed E-state index contributed by atoms with van der Waals surface area (Å²) < 4.78 is 18.5. The molecule has 1 fully saturated rings. The molecule has 1 aliphatic rings. The lowest BCUT2D eigenvalue weighted by Crippen LogP contribution is -2.48. The number of pyridine rings is 1. The predicted molar refractivity (Wildman–Crippen MR) is 90.8 cm³/mol. The molecule has 2 aromatic rings. The molecule has 0 bridgehead atoms. The smallest absolute Gasteiger partial charge is 0.255 e. The van der Waals surface area contributed by atoms with Crippen LogP contribution in [0.25, 0.3) is 0 Å². The summed E-state index contributed by atoms with van der Waals surface area (Å²) >= 11 is 0. The van der Waals surface area contributed by atoms with Gasteiger partial charge in [0.15, 0.2) is 0 Å². The summed E-state index contributed by atoms with van der Waals surface area (Å²) in [6.07, 6.45) is 3.87. The number of hydrogen-bond donors (Lipinski definition) is 1. The first-order valence-corrected chi connectivity index (χ1v) is 8.22. The maximum Gasteiger partial charge on any atom is 0.255 e. The molecule has 25 heavy (non-hydrogen) atoms. The van der Waals surface area contributed by atoms with E-state index in [0.29, 0.717) is 24.3 Å². The van der Waals surface area contributed by atoms with Crippen LogP contribution in [0.2, 0.25) is 0 Å². The number of likely N-dealkylation sites (tertiary alicyclic amines) is 1. The number of hydrogen-bond acceptors (Lipinski definition) is 4. The molecule has 6 heteroatoms. The van der Waals surface area contributed by atoms with Crippen LogP contribution in [0, 0.1) is 5.82 Å². The average molecular weight is 344 g/mol. The van der Waals surface area contributed by atoms with Crippen LogP contribution >= 0.6 is 0 Å². The number of benzene rings is 1. The Morgan fingerprint density at radius 3 is 2.72 bits per heavy atom. The minimum Gasteiger partial charge on any atom is -0.497 e. The van der Waals surface area contributed by atoms with Crippen LogP contribution in [0.3, 0.4) is 0 Å². The van der Waals surface area contributed by atoms with Gasteiger partial charge in [-0.05, 0) is 43.5 Å². The number of ether oxygens (including phenoxy) is 1. The Morgan fingerprint density at radius 2 is 2.08 bits per heavy atom. The van der Waals surface area contributed by atoms with Gasteiger partial charge in [-0.3, -0.25) is 9.78 Å². The second-order valence-electron chi connectivity index (χ2n) is 6.42. The first-order valence-electron chi connectivity index (χ1n) is 8.22. The Morgan fingerprint density at radius 1 is 1.36 bits per heavy atom. The molecule has 0 spiro atoms. The number of carbonyl (C=O) groups is 1. The highest BCUT2D eigenvalue weighted by atomic mass is 19.1. The Balaban J connectivity index is 1.87. The summed E-state index contributed by atoms with van der Waals surface area (Å²) in [5, 5.41) is 11.1. The molecule has 1 amide bonds. The second-order valence-corrected chi connectivity index (χ2v) is 6.42.